The Labute approximate surface area is 113 Å². The third-order valence-corrected chi connectivity index (χ3v) is 3.78. The summed E-state index contributed by atoms with van der Waals surface area (Å²) in [5.74, 6) is 1.55. The molecule has 0 unspecified atom stereocenters. The Hall–Kier alpha value is -2.75. The maximum absolute atomic E-state index is 5.43. The lowest BCUT2D eigenvalue weighted by molar-refractivity contribution is 0.174. The zero-order valence-electron chi connectivity index (χ0n) is 10.5. The number of hydrogen-bond acceptors (Lipinski definition) is 3. The molecule has 0 saturated heterocycles. The summed E-state index contributed by atoms with van der Waals surface area (Å²) in [5, 5.41) is 3.38. The van der Waals surface area contributed by atoms with E-state index in [1.165, 1.54) is 5.39 Å². The average molecular weight is 262 g/mol. The minimum atomic E-state index is 0.284. The highest BCUT2D eigenvalue weighted by Gasteiger charge is 2.15. The van der Waals surface area contributed by atoms with Crippen molar-refractivity contribution in [2.45, 2.75) is 0 Å². The average Bonchev–Trinajstić information content (AvgIpc) is 3.05. The number of pyridine rings is 1. The van der Waals surface area contributed by atoms with Crippen molar-refractivity contribution < 1.29 is 9.47 Å². The van der Waals surface area contributed by atoms with Gasteiger partial charge in [-0.25, -0.2) is 4.98 Å². The second-order valence-electron chi connectivity index (χ2n) is 4.95. The molecule has 0 amide bonds. The number of hydrogen-bond donors (Lipinski definition) is 1. The van der Waals surface area contributed by atoms with E-state index in [-0.39, 0.29) is 6.79 Å². The van der Waals surface area contributed by atoms with Crippen LogP contribution in [0, 0.1) is 0 Å². The summed E-state index contributed by atoms with van der Waals surface area (Å²) in [5.41, 5.74) is 2.91. The summed E-state index contributed by atoms with van der Waals surface area (Å²) in [6.45, 7) is 0.284. The van der Waals surface area contributed by atoms with Crippen molar-refractivity contribution in [3.05, 3.63) is 42.5 Å². The van der Waals surface area contributed by atoms with Crippen molar-refractivity contribution >= 4 is 32.8 Å². The van der Waals surface area contributed by atoms with Crippen molar-refractivity contribution in [2.75, 3.05) is 6.79 Å². The van der Waals surface area contributed by atoms with Gasteiger partial charge >= 0.3 is 0 Å². The fraction of sp³-hybridized carbons (Fsp3) is 0.0625. The molecule has 1 aliphatic rings. The minimum absolute atomic E-state index is 0.284. The standard InChI is InChI=1S/C16H10N2O2/c1-2-4-12-10(3-1)11-5-9-6-14-15(20-8-19-14)7-13(9)18-16(11)17-12/h1-7H,8H2,(H,17,18). The monoisotopic (exact) mass is 262 g/mol. The van der Waals surface area contributed by atoms with Crippen molar-refractivity contribution in [2.24, 2.45) is 0 Å². The second-order valence-corrected chi connectivity index (χ2v) is 4.95. The molecule has 4 aromatic rings. The van der Waals surface area contributed by atoms with Crippen LogP contribution in [-0.4, -0.2) is 16.8 Å². The third-order valence-electron chi connectivity index (χ3n) is 3.78. The molecule has 4 heteroatoms. The van der Waals surface area contributed by atoms with Gasteiger partial charge in [0.1, 0.15) is 5.65 Å². The lowest BCUT2D eigenvalue weighted by Gasteiger charge is -2.01. The van der Waals surface area contributed by atoms with Crippen LogP contribution in [0.2, 0.25) is 0 Å². The first kappa shape index (κ1) is 10.1. The van der Waals surface area contributed by atoms with Crippen LogP contribution < -0.4 is 9.47 Å². The van der Waals surface area contributed by atoms with Crippen molar-refractivity contribution in [3.63, 3.8) is 0 Å². The van der Waals surface area contributed by atoms with Crippen molar-refractivity contribution in [1.29, 1.82) is 0 Å². The molecule has 2 aromatic carbocycles. The van der Waals surface area contributed by atoms with Crippen LogP contribution in [0.1, 0.15) is 0 Å². The zero-order valence-corrected chi connectivity index (χ0v) is 10.5. The number of rotatable bonds is 0. The number of para-hydroxylation sites is 1. The fourth-order valence-electron chi connectivity index (χ4n) is 2.82. The Morgan fingerprint density at radius 3 is 2.75 bits per heavy atom. The van der Waals surface area contributed by atoms with E-state index in [1.807, 2.05) is 24.3 Å². The Kier molecular flexibility index (Phi) is 1.72. The molecule has 96 valence electrons. The van der Waals surface area contributed by atoms with Gasteiger partial charge in [0.25, 0.3) is 0 Å². The van der Waals surface area contributed by atoms with Gasteiger partial charge in [0.05, 0.1) is 5.52 Å². The molecular weight excluding hydrogens is 252 g/mol. The van der Waals surface area contributed by atoms with E-state index < -0.39 is 0 Å². The number of nitrogens with zero attached hydrogens (tertiary/aromatic N) is 1. The van der Waals surface area contributed by atoms with Crippen LogP contribution in [-0.2, 0) is 0 Å². The summed E-state index contributed by atoms with van der Waals surface area (Å²) in [6, 6.07) is 14.3. The lowest BCUT2D eigenvalue weighted by atomic mass is 10.1. The molecule has 20 heavy (non-hydrogen) atoms. The quantitative estimate of drug-likeness (QED) is 0.526. The zero-order chi connectivity index (χ0) is 13.1. The normalized spacial score (nSPS) is 13.6. The fourth-order valence-corrected chi connectivity index (χ4v) is 2.82. The molecular formula is C16H10N2O2. The number of nitrogens with one attached hydrogen (secondary N) is 1. The molecule has 4 nitrogen and oxygen atoms in total. The number of ether oxygens (including phenoxy) is 2. The highest BCUT2D eigenvalue weighted by molar-refractivity contribution is 6.09. The Bertz CT molecular complexity index is 988. The van der Waals surface area contributed by atoms with Gasteiger partial charge in [-0.3, -0.25) is 0 Å². The van der Waals surface area contributed by atoms with Crippen molar-refractivity contribution in [3.8, 4) is 11.5 Å². The molecule has 5 rings (SSSR count). The number of aromatic amines is 1. The molecule has 2 aromatic heterocycles. The maximum Gasteiger partial charge on any atom is 0.231 e. The van der Waals surface area contributed by atoms with Gasteiger partial charge in [-0.05, 0) is 18.2 Å². The molecule has 0 bridgehead atoms. The van der Waals surface area contributed by atoms with Gasteiger partial charge in [-0.2, -0.15) is 0 Å². The van der Waals surface area contributed by atoms with Crippen LogP contribution in [0.25, 0.3) is 32.8 Å². The van der Waals surface area contributed by atoms with Crippen LogP contribution >= 0.6 is 0 Å². The molecule has 0 atom stereocenters. The highest BCUT2D eigenvalue weighted by Crippen LogP contribution is 2.37. The van der Waals surface area contributed by atoms with E-state index >= 15 is 0 Å². The number of H-pyrrole nitrogens is 1. The first-order valence-electron chi connectivity index (χ1n) is 6.49. The highest BCUT2D eigenvalue weighted by atomic mass is 16.7. The summed E-state index contributed by atoms with van der Waals surface area (Å²) in [7, 11) is 0. The van der Waals surface area contributed by atoms with Crippen LogP contribution in [0.15, 0.2) is 42.5 Å². The van der Waals surface area contributed by atoms with Gasteiger partial charge < -0.3 is 14.5 Å². The smallest absolute Gasteiger partial charge is 0.231 e. The molecule has 1 N–H and O–H groups in total. The minimum Gasteiger partial charge on any atom is -0.454 e. The lowest BCUT2D eigenvalue weighted by Crippen LogP contribution is -1.92. The molecule has 0 saturated carbocycles. The number of aromatic nitrogens is 2. The Morgan fingerprint density at radius 2 is 1.80 bits per heavy atom. The maximum atomic E-state index is 5.43. The molecule has 3 heterocycles. The van der Waals surface area contributed by atoms with Crippen LogP contribution in [0.3, 0.4) is 0 Å². The van der Waals surface area contributed by atoms with E-state index in [4.69, 9.17) is 14.5 Å². The van der Waals surface area contributed by atoms with E-state index in [0.29, 0.717) is 0 Å². The van der Waals surface area contributed by atoms with Gasteiger partial charge in [0, 0.05) is 27.7 Å². The van der Waals surface area contributed by atoms with Gasteiger partial charge in [0.2, 0.25) is 6.79 Å². The van der Waals surface area contributed by atoms with E-state index in [1.54, 1.807) is 0 Å². The van der Waals surface area contributed by atoms with Crippen molar-refractivity contribution in [1.82, 2.24) is 9.97 Å². The SMILES string of the molecule is c1ccc2c(c1)[nH]c1nc3cc4c(cc3cc12)OCO4. The predicted octanol–water partition coefficient (Wildman–Crippen LogP) is 3.60. The number of benzene rings is 2. The van der Waals surface area contributed by atoms with Gasteiger partial charge in [0.15, 0.2) is 11.5 Å². The summed E-state index contributed by atoms with van der Waals surface area (Å²) >= 11 is 0. The molecule has 0 spiro atoms. The van der Waals surface area contributed by atoms with E-state index in [2.05, 4.69) is 23.2 Å². The summed E-state index contributed by atoms with van der Waals surface area (Å²) in [4.78, 5) is 8.06. The molecule has 1 aliphatic heterocycles. The first-order chi connectivity index (χ1) is 9.88. The topological polar surface area (TPSA) is 47.1 Å². The van der Waals surface area contributed by atoms with E-state index in [0.717, 1.165) is 39.0 Å². The Morgan fingerprint density at radius 1 is 0.950 bits per heavy atom. The Balaban J connectivity index is 1.94. The van der Waals surface area contributed by atoms with Gasteiger partial charge in [-0.1, -0.05) is 18.2 Å². The molecule has 0 aliphatic carbocycles. The van der Waals surface area contributed by atoms with Crippen LogP contribution in [0.5, 0.6) is 11.5 Å². The summed E-state index contributed by atoms with van der Waals surface area (Å²) in [6.07, 6.45) is 0. The first-order valence-corrected chi connectivity index (χ1v) is 6.49. The largest absolute Gasteiger partial charge is 0.454 e. The third kappa shape index (κ3) is 1.23. The second kappa shape index (κ2) is 3.42. The summed E-state index contributed by atoms with van der Waals surface area (Å²) < 4.78 is 10.8. The predicted molar refractivity (Wildman–Crippen MR) is 77.2 cm³/mol. The van der Waals surface area contributed by atoms with E-state index in [9.17, 15) is 0 Å². The number of fused-ring (bicyclic) bond motifs is 5. The molecule has 0 radical (unpaired) electrons. The molecule has 0 fully saturated rings. The van der Waals surface area contributed by atoms with Crippen LogP contribution in [0.4, 0.5) is 0 Å². The van der Waals surface area contributed by atoms with Gasteiger partial charge in [-0.15, -0.1) is 0 Å².